The van der Waals surface area contributed by atoms with Gasteiger partial charge in [-0.1, -0.05) is 0 Å². The first-order valence-corrected chi connectivity index (χ1v) is 7.13. The molecule has 0 saturated heterocycles. The molecule has 0 spiro atoms. The van der Waals surface area contributed by atoms with E-state index >= 15 is 0 Å². The zero-order chi connectivity index (χ0) is 12.3. The Labute approximate surface area is 109 Å². The zero-order valence-electron chi connectivity index (χ0n) is 9.88. The third kappa shape index (κ3) is 3.57. The van der Waals surface area contributed by atoms with Gasteiger partial charge in [0.05, 0.1) is 0 Å². The lowest BCUT2D eigenvalue weighted by molar-refractivity contribution is 0.208. The van der Waals surface area contributed by atoms with Crippen molar-refractivity contribution in [1.29, 1.82) is 0 Å². The zero-order valence-corrected chi connectivity index (χ0v) is 11.5. The van der Waals surface area contributed by atoms with E-state index in [1.54, 1.807) is 14.1 Å². The van der Waals surface area contributed by atoms with Crippen LogP contribution in [0.15, 0.2) is 5.16 Å². The van der Waals surface area contributed by atoms with E-state index in [-0.39, 0.29) is 11.3 Å². The molecule has 1 amide bonds. The predicted octanol–water partition coefficient (Wildman–Crippen LogP) is 2.63. The molecule has 1 aromatic rings. The van der Waals surface area contributed by atoms with Crippen molar-refractivity contribution in [2.45, 2.75) is 36.9 Å². The van der Waals surface area contributed by atoms with Crippen LogP contribution in [0.2, 0.25) is 0 Å². The van der Waals surface area contributed by atoms with Crippen LogP contribution in [0.5, 0.6) is 5.19 Å². The summed E-state index contributed by atoms with van der Waals surface area (Å²) in [7, 11) is 3.41. The fourth-order valence-corrected chi connectivity index (χ4v) is 2.89. The molecule has 0 N–H and O–H groups in total. The van der Waals surface area contributed by atoms with Crippen molar-refractivity contribution in [3.05, 3.63) is 0 Å². The lowest BCUT2D eigenvalue weighted by Crippen LogP contribution is -2.16. The van der Waals surface area contributed by atoms with Crippen LogP contribution >= 0.6 is 23.3 Å². The minimum Gasteiger partial charge on any atom is -0.466 e. The number of rotatable bonds is 3. The number of amides is 1. The van der Waals surface area contributed by atoms with Gasteiger partial charge in [0.1, 0.15) is 6.10 Å². The van der Waals surface area contributed by atoms with Gasteiger partial charge in [-0.2, -0.15) is 9.36 Å². The smallest absolute Gasteiger partial charge is 0.294 e. The van der Waals surface area contributed by atoms with Crippen molar-refractivity contribution in [3.63, 3.8) is 0 Å². The van der Waals surface area contributed by atoms with Gasteiger partial charge < -0.3 is 9.64 Å². The first-order valence-electron chi connectivity index (χ1n) is 5.54. The average Bonchev–Trinajstić information content (AvgIpc) is 2.91. The summed E-state index contributed by atoms with van der Waals surface area (Å²) in [5.74, 6) is 0. The van der Waals surface area contributed by atoms with Gasteiger partial charge in [0, 0.05) is 37.4 Å². The third-order valence-corrected chi connectivity index (χ3v) is 4.13. The number of carbonyl (C=O) groups is 1. The molecule has 1 aliphatic rings. The molecule has 7 heteroatoms. The summed E-state index contributed by atoms with van der Waals surface area (Å²) in [6.45, 7) is 0. The van der Waals surface area contributed by atoms with Crippen LogP contribution in [0.3, 0.4) is 0 Å². The second-order valence-electron chi connectivity index (χ2n) is 4.13. The minimum atomic E-state index is -0.0739. The molecule has 1 heterocycles. The first-order chi connectivity index (χ1) is 8.15. The Morgan fingerprint density at radius 2 is 2.18 bits per heavy atom. The van der Waals surface area contributed by atoms with Gasteiger partial charge in [0.25, 0.3) is 10.4 Å². The van der Waals surface area contributed by atoms with Crippen LogP contribution in [-0.4, -0.2) is 39.7 Å². The summed E-state index contributed by atoms with van der Waals surface area (Å²) in [4.78, 5) is 17.1. The summed E-state index contributed by atoms with van der Waals surface area (Å²) in [6, 6.07) is 0. The molecule has 0 aromatic carbocycles. The molecular weight excluding hydrogens is 258 g/mol. The highest BCUT2D eigenvalue weighted by Crippen LogP contribution is 2.28. The number of carbonyl (C=O) groups excluding carboxylic acids is 1. The van der Waals surface area contributed by atoms with Crippen LogP contribution in [0.4, 0.5) is 4.79 Å². The van der Waals surface area contributed by atoms with E-state index in [4.69, 9.17) is 4.74 Å². The van der Waals surface area contributed by atoms with Gasteiger partial charge in [0.2, 0.25) is 5.16 Å². The molecular formula is C10H15N3O2S2. The summed E-state index contributed by atoms with van der Waals surface area (Å²) in [5, 5.41) is 0.975. The second kappa shape index (κ2) is 5.68. The van der Waals surface area contributed by atoms with Crippen molar-refractivity contribution in [1.82, 2.24) is 14.3 Å². The first kappa shape index (κ1) is 12.6. The molecule has 0 atom stereocenters. The molecule has 0 unspecified atom stereocenters. The minimum absolute atomic E-state index is 0.0739. The van der Waals surface area contributed by atoms with E-state index in [0.717, 1.165) is 24.6 Å². The van der Waals surface area contributed by atoms with Crippen LogP contribution < -0.4 is 4.74 Å². The maximum Gasteiger partial charge on any atom is 0.294 e. The predicted molar refractivity (Wildman–Crippen MR) is 67.7 cm³/mol. The highest BCUT2D eigenvalue weighted by atomic mass is 32.2. The molecule has 17 heavy (non-hydrogen) atoms. The quantitative estimate of drug-likeness (QED) is 0.792. The molecule has 1 saturated carbocycles. The average molecular weight is 273 g/mol. The number of thioether (sulfide) groups is 1. The van der Waals surface area contributed by atoms with Crippen molar-refractivity contribution in [2.75, 3.05) is 14.1 Å². The molecule has 1 fully saturated rings. The Bertz CT molecular complexity index is 389. The molecule has 0 radical (unpaired) electrons. The van der Waals surface area contributed by atoms with Crippen molar-refractivity contribution in [3.8, 4) is 5.19 Å². The molecule has 0 bridgehead atoms. The Hall–Kier alpha value is -0.820. The molecule has 5 nitrogen and oxygen atoms in total. The number of hydrogen-bond donors (Lipinski definition) is 0. The molecule has 0 aliphatic heterocycles. The van der Waals surface area contributed by atoms with Crippen molar-refractivity contribution >= 4 is 28.5 Å². The van der Waals surface area contributed by atoms with E-state index in [9.17, 15) is 4.79 Å². The van der Waals surface area contributed by atoms with E-state index in [0.29, 0.717) is 10.4 Å². The van der Waals surface area contributed by atoms with Gasteiger partial charge in [0.15, 0.2) is 0 Å². The summed E-state index contributed by atoms with van der Waals surface area (Å²) < 4.78 is 9.81. The maximum absolute atomic E-state index is 11.4. The van der Waals surface area contributed by atoms with Gasteiger partial charge in [-0.15, -0.1) is 0 Å². The summed E-state index contributed by atoms with van der Waals surface area (Å²) in [5.41, 5.74) is 0. The van der Waals surface area contributed by atoms with Crippen LogP contribution in [0.25, 0.3) is 0 Å². The SMILES string of the molecule is CN(C)C(=O)Sc1nsc(OC2CCCC2)n1. The van der Waals surface area contributed by atoms with Gasteiger partial charge in [-0.25, -0.2) is 0 Å². The Morgan fingerprint density at radius 1 is 1.47 bits per heavy atom. The van der Waals surface area contributed by atoms with Crippen molar-refractivity contribution in [2.24, 2.45) is 0 Å². The van der Waals surface area contributed by atoms with Gasteiger partial charge in [-0.3, -0.25) is 4.79 Å². The normalized spacial score (nSPS) is 16.1. The largest absolute Gasteiger partial charge is 0.466 e. The molecule has 1 aliphatic carbocycles. The fraction of sp³-hybridized carbons (Fsp3) is 0.700. The standard InChI is InChI=1S/C10H15N3O2S2/c1-13(2)10(14)16-8-11-9(17-12-8)15-7-5-3-4-6-7/h7H,3-6H2,1-2H3. The van der Waals surface area contributed by atoms with Crippen LogP contribution in [0, 0.1) is 0 Å². The van der Waals surface area contributed by atoms with Gasteiger partial charge >= 0.3 is 0 Å². The molecule has 1 aromatic heterocycles. The Balaban J connectivity index is 1.89. The maximum atomic E-state index is 11.4. The lowest BCUT2D eigenvalue weighted by Gasteiger charge is -2.08. The van der Waals surface area contributed by atoms with Crippen molar-refractivity contribution < 1.29 is 9.53 Å². The second-order valence-corrected chi connectivity index (χ2v) is 5.76. The van der Waals surface area contributed by atoms with E-state index in [2.05, 4.69) is 9.36 Å². The van der Waals surface area contributed by atoms with Crippen LogP contribution in [0.1, 0.15) is 25.7 Å². The number of hydrogen-bond acceptors (Lipinski definition) is 6. The van der Waals surface area contributed by atoms with E-state index < -0.39 is 0 Å². The summed E-state index contributed by atoms with van der Waals surface area (Å²) in [6.07, 6.45) is 4.93. The van der Waals surface area contributed by atoms with E-state index in [1.807, 2.05) is 0 Å². The Kier molecular flexibility index (Phi) is 4.22. The number of aromatic nitrogens is 2. The Morgan fingerprint density at radius 3 is 2.82 bits per heavy atom. The molecule has 94 valence electrons. The number of ether oxygens (including phenoxy) is 1. The van der Waals surface area contributed by atoms with Gasteiger partial charge in [-0.05, 0) is 25.7 Å². The fourth-order valence-electron chi connectivity index (χ4n) is 1.60. The summed E-state index contributed by atoms with van der Waals surface area (Å²) >= 11 is 2.24. The van der Waals surface area contributed by atoms with E-state index in [1.165, 1.54) is 29.3 Å². The highest BCUT2D eigenvalue weighted by molar-refractivity contribution is 8.13. The third-order valence-electron chi connectivity index (χ3n) is 2.50. The highest BCUT2D eigenvalue weighted by Gasteiger charge is 2.19. The lowest BCUT2D eigenvalue weighted by atomic mass is 10.3. The number of nitrogens with zero attached hydrogens (tertiary/aromatic N) is 3. The molecule has 2 rings (SSSR count). The topological polar surface area (TPSA) is 55.3 Å². The monoisotopic (exact) mass is 273 g/mol. The van der Waals surface area contributed by atoms with Crippen LogP contribution in [-0.2, 0) is 0 Å².